The van der Waals surface area contributed by atoms with E-state index in [2.05, 4.69) is 10.2 Å². The van der Waals surface area contributed by atoms with Gasteiger partial charge in [-0.05, 0) is 5.92 Å². The van der Waals surface area contributed by atoms with Crippen molar-refractivity contribution in [3.05, 3.63) is 11.4 Å². The van der Waals surface area contributed by atoms with Gasteiger partial charge in [-0.15, -0.1) is 0 Å². The van der Waals surface area contributed by atoms with Crippen molar-refractivity contribution in [2.24, 2.45) is 0 Å². The summed E-state index contributed by atoms with van der Waals surface area (Å²) in [5.41, 5.74) is 5.83. The van der Waals surface area contributed by atoms with Crippen LogP contribution in [0.15, 0.2) is 0 Å². The quantitative estimate of drug-likeness (QED) is 0.719. The van der Waals surface area contributed by atoms with Crippen molar-refractivity contribution >= 4 is 11.6 Å². The molecule has 0 radical (unpaired) electrons. The monoisotopic (exact) mass is 282 g/mol. The number of nitrogen functional groups attached to an aromatic ring is 1. The Kier molecular flexibility index (Phi) is 4.38. The van der Waals surface area contributed by atoms with Gasteiger partial charge in [-0.2, -0.15) is 13.9 Å². The first-order valence-corrected chi connectivity index (χ1v) is 5.44. The molecule has 108 valence electrons. The van der Waals surface area contributed by atoms with E-state index in [0.29, 0.717) is 5.69 Å². The van der Waals surface area contributed by atoms with Gasteiger partial charge in [-0.25, -0.2) is 8.78 Å². The summed E-state index contributed by atoms with van der Waals surface area (Å²) < 4.78 is 49.1. The van der Waals surface area contributed by atoms with Gasteiger partial charge in [0.25, 0.3) is 5.91 Å². The minimum atomic E-state index is -4.29. The van der Waals surface area contributed by atoms with Gasteiger partial charge in [0.2, 0.25) is 0 Å². The molecule has 9 heteroatoms. The lowest BCUT2D eigenvalue weighted by Gasteiger charge is -2.15. The van der Waals surface area contributed by atoms with Crippen molar-refractivity contribution in [1.82, 2.24) is 15.5 Å². The second-order valence-electron chi connectivity index (χ2n) is 4.30. The molecule has 0 bridgehead atoms. The van der Waals surface area contributed by atoms with Gasteiger partial charge < -0.3 is 11.1 Å². The Bertz CT molecular complexity index is 458. The average Bonchev–Trinajstić information content (AvgIpc) is 2.68. The molecule has 0 fully saturated rings. The molecule has 1 aromatic rings. The number of nitrogens with zero attached hydrogens (tertiary/aromatic N) is 1. The Hall–Kier alpha value is -1.80. The number of halogens is 4. The molecule has 0 spiro atoms. The molecule has 0 atom stereocenters. The zero-order valence-corrected chi connectivity index (χ0v) is 10.3. The molecule has 0 unspecified atom stereocenters. The smallest absolute Gasteiger partial charge is 0.324 e. The summed E-state index contributed by atoms with van der Waals surface area (Å²) in [5.74, 6) is -5.36. The number of carbonyl (C=O) groups is 1. The van der Waals surface area contributed by atoms with Crippen molar-refractivity contribution in [2.75, 3.05) is 12.3 Å². The van der Waals surface area contributed by atoms with Crippen LogP contribution in [-0.2, 0) is 0 Å². The van der Waals surface area contributed by atoms with E-state index in [9.17, 15) is 22.4 Å². The van der Waals surface area contributed by atoms with Crippen LogP contribution >= 0.6 is 0 Å². The predicted molar refractivity (Wildman–Crippen MR) is 60.4 cm³/mol. The minimum Gasteiger partial charge on any atom is -0.395 e. The SMILES string of the molecule is CC(C)c1[nH]nc(C(=O)NCC(F)(F)C(F)F)c1N. The summed E-state index contributed by atoms with van der Waals surface area (Å²) in [4.78, 5) is 11.5. The topological polar surface area (TPSA) is 83.8 Å². The van der Waals surface area contributed by atoms with E-state index in [1.54, 1.807) is 19.2 Å². The number of amides is 1. The lowest BCUT2D eigenvalue weighted by Crippen LogP contribution is -2.41. The molecule has 19 heavy (non-hydrogen) atoms. The Morgan fingerprint density at radius 1 is 1.47 bits per heavy atom. The summed E-state index contributed by atoms with van der Waals surface area (Å²) in [6.45, 7) is 2.10. The Labute approximate surface area is 106 Å². The Balaban J connectivity index is 2.75. The number of alkyl halides is 4. The van der Waals surface area contributed by atoms with E-state index in [0.717, 1.165) is 0 Å². The third-order valence-electron chi connectivity index (χ3n) is 2.43. The van der Waals surface area contributed by atoms with E-state index < -0.39 is 24.8 Å². The highest BCUT2D eigenvalue weighted by Crippen LogP contribution is 2.23. The van der Waals surface area contributed by atoms with E-state index >= 15 is 0 Å². The predicted octanol–water partition coefficient (Wildman–Crippen LogP) is 1.75. The van der Waals surface area contributed by atoms with Crippen molar-refractivity contribution in [3.63, 3.8) is 0 Å². The lowest BCUT2D eigenvalue weighted by molar-refractivity contribution is -0.123. The highest BCUT2D eigenvalue weighted by Gasteiger charge is 2.41. The Morgan fingerprint density at radius 2 is 2.05 bits per heavy atom. The highest BCUT2D eigenvalue weighted by atomic mass is 19.3. The molecule has 4 N–H and O–H groups in total. The van der Waals surface area contributed by atoms with Crippen molar-refractivity contribution < 1.29 is 22.4 Å². The number of anilines is 1. The van der Waals surface area contributed by atoms with Crippen molar-refractivity contribution in [3.8, 4) is 0 Å². The van der Waals surface area contributed by atoms with Crippen LogP contribution in [-0.4, -0.2) is 35.0 Å². The van der Waals surface area contributed by atoms with Crippen LogP contribution in [0.25, 0.3) is 0 Å². The normalized spacial score (nSPS) is 12.2. The molecule has 0 saturated heterocycles. The second-order valence-corrected chi connectivity index (χ2v) is 4.30. The van der Waals surface area contributed by atoms with Gasteiger partial charge in [0.05, 0.1) is 17.9 Å². The number of hydrogen-bond acceptors (Lipinski definition) is 3. The van der Waals surface area contributed by atoms with Crippen LogP contribution < -0.4 is 11.1 Å². The third kappa shape index (κ3) is 3.36. The average molecular weight is 282 g/mol. The van der Waals surface area contributed by atoms with Crippen LogP contribution in [0.3, 0.4) is 0 Å². The minimum absolute atomic E-state index is 0.0212. The van der Waals surface area contributed by atoms with Crippen LogP contribution in [0.5, 0.6) is 0 Å². The molecule has 1 rings (SSSR count). The van der Waals surface area contributed by atoms with Gasteiger partial charge in [0.1, 0.15) is 0 Å². The van der Waals surface area contributed by atoms with Crippen molar-refractivity contribution in [1.29, 1.82) is 0 Å². The first kappa shape index (κ1) is 15.3. The molecule has 0 saturated carbocycles. The number of H-pyrrole nitrogens is 1. The lowest BCUT2D eigenvalue weighted by atomic mass is 10.1. The maximum Gasteiger partial charge on any atom is 0.324 e. The maximum absolute atomic E-state index is 12.6. The van der Waals surface area contributed by atoms with Crippen LogP contribution in [0, 0.1) is 0 Å². The van der Waals surface area contributed by atoms with Crippen molar-refractivity contribution in [2.45, 2.75) is 32.1 Å². The second kappa shape index (κ2) is 5.45. The molecular formula is C10H14F4N4O. The summed E-state index contributed by atoms with van der Waals surface area (Å²) in [5, 5.41) is 7.77. The van der Waals surface area contributed by atoms with Crippen LogP contribution in [0.1, 0.15) is 35.9 Å². The highest BCUT2D eigenvalue weighted by molar-refractivity contribution is 5.97. The fourth-order valence-electron chi connectivity index (χ4n) is 1.34. The van der Waals surface area contributed by atoms with Gasteiger partial charge >= 0.3 is 12.3 Å². The first-order chi connectivity index (χ1) is 8.66. The van der Waals surface area contributed by atoms with Gasteiger partial charge in [0, 0.05) is 0 Å². The Morgan fingerprint density at radius 3 is 2.47 bits per heavy atom. The summed E-state index contributed by atoms with van der Waals surface area (Å²) in [6.07, 6.45) is -3.85. The zero-order chi connectivity index (χ0) is 14.8. The number of hydrogen-bond donors (Lipinski definition) is 3. The number of aromatic amines is 1. The first-order valence-electron chi connectivity index (χ1n) is 5.44. The van der Waals surface area contributed by atoms with E-state index in [1.807, 2.05) is 0 Å². The van der Waals surface area contributed by atoms with E-state index in [4.69, 9.17) is 5.73 Å². The molecular weight excluding hydrogens is 268 g/mol. The number of aromatic nitrogens is 2. The molecule has 0 aliphatic heterocycles. The molecule has 0 aliphatic carbocycles. The third-order valence-corrected chi connectivity index (χ3v) is 2.43. The summed E-state index contributed by atoms with van der Waals surface area (Å²) in [7, 11) is 0. The number of carbonyl (C=O) groups excluding carboxylic acids is 1. The number of nitrogens with one attached hydrogen (secondary N) is 2. The standard InChI is InChI=1S/C10H14F4N4O/c1-4(2)6-5(15)7(18-17-6)8(19)16-3-10(13,14)9(11)12/h4,9H,3,15H2,1-2H3,(H,16,19)(H,17,18). The molecule has 1 heterocycles. The van der Waals surface area contributed by atoms with Crippen LogP contribution in [0.4, 0.5) is 23.2 Å². The summed E-state index contributed by atoms with van der Waals surface area (Å²) in [6, 6.07) is 0. The fourth-order valence-corrected chi connectivity index (χ4v) is 1.34. The maximum atomic E-state index is 12.6. The molecule has 0 aliphatic rings. The zero-order valence-electron chi connectivity index (χ0n) is 10.3. The largest absolute Gasteiger partial charge is 0.395 e. The summed E-state index contributed by atoms with van der Waals surface area (Å²) >= 11 is 0. The molecule has 0 aromatic carbocycles. The van der Waals surface area contributed by atoms with Gasteiger partial charge in [0.15, 0.2) is 5.69 Å². The van der Waals surface area contributed by atoms with Crippen LogP contribution in [0.2, 0.25) is 0 Å². The fraction of sp³-hybridized carbons (Fsp3) is 0.600. The van der Waals surface area contributed by atoms with E-state index in [-0.39, 0.29) is 17.3 Å². The molecule has 1 amide bonds. The number of rotatable bonds is 5. The van der Waals surface area contributed by atoms with Gasteiger partial charge in [-0.1, -0.05) is 13.8 Å². The molecule has 1 aromatic heterocycles. The van der Waals surface area contributed by atoms with Gasteiger partial charge in [-0.3, -0.25) is 9.89 Å². The van der Waals surface area contributed by atoms with E-state index in [1.165, 1.54) is 0 Å². The number of nitrogens with two attached hydrogens (primary N) is 1. The molecule has 5 nitrogen and oxygen atoms in total.